The molecular formula is C27H31ClN2O4. The fourth-order valence-electron chi connectivity index (χ4n) is 3.93. The molecule has 0 bridgehead atoms. The van der Waals surface area contributed by atoms with Gasteiger partial charge in [-0.1, -0.05) is 66.2 Å². The zero-order valence-electron chi connectivity index (χ0n) is 19.6. The highest BCUT2D eigenvalue weighted by atomic mass is 35.5. The molecule has 0 spiro atoms. The van der Waals surface area contributed by atoms with Crippen molar-refractivity contribution < 1.29 is 19.1 Å². The van der Waals surface area contributed by atoms with Gasteiger partial charge in [0.1, 0.15) is 6.10 Å². The number of esters is 1. The number of likely N-dealkylation sites (N-methyl/N-ethyl adjacent to an activating group) is 1. The Balaban J connectivity index is 1.74. The maximum absolute atomic E-state index is 13.4. The highest BCUT2D eigenvalue weighted by Crippen LogP contribution is 2.28. The fraction of sp³-hybridized carbons (Fsp3) is 0.370. The van der Waals surface area contributed by atoms with Crippen molar-refractivity contribution >= 4 is 29.4 Å². The second-order valence-corrected chi connectivity index (χ2v) is 9.00. The second kappa shape index (κ2) is 12.4. The van der Waals surface area contributed by atoms with Crippen molar-refractivity contribution in [1.29, 1.82) is 0 Å². The summed E-state index contributed by atoms with van der Waals surface area (Å²) in [6.45, 7) is 2.23. The lowest BCUT2D eigenvalue weighted by atomic mass is 9.95. The minimum Gasteiger partial charge on any atom is -0.455 e. The SMILES string of the molecule is C[C@H]1[C@@H](c2ccccc2)OC(=O)CCC=CC[C@@H](CC(=O)NCc2ccc(Cl)cc2)C(=O)N1C. The Kier molecular flexibility index (Phi) is 9.28. The molecule has 3 rings (SSSR count). The van der Waals surface area contributed by atoms with Crippen LogP contribution in [0.2, 0.25) is 5.02 Å². The van der Waals surface area contributed by atoms with Crippen molar-refractivity contribution in [2.75, 3.05) is 7.05 Å². The number of carbonyl (C=O) groups is 3. The molecule has 34 heavy (non-hydrogen) atoms. The van der Waals surface area contributed by atoms with Gasteiger partial charge in [-0.2, -0.15) is 0 Å². The van der Waals surface area contributed by atoms with Crippen LogP contribution in [0, 0.1) is 5.92 Å². The van der Waals surface area contributed by atoms with E-state index < -0.39 is 18.1 Å². The summed E-state index contributed by atoms with van der Waals surface area (Å²) in [7, 11) is 1.70. The van der Waals surface area contributed by atoms with E-state index in [1.54, 1.807) is 24.1 Å². The Labute approximate surface area is 205 Å². The van der Waals surface area contributed by atoms with Crippen LogP contribution in [0.5, 0.6) is 0 Å². The highest BCUT2D eigenvalue weighted by molar-refractivity contribution is 6.30. The van der Waals surface area contributed by atoms with Gasteiger partial charge in [0.2, 0.25) is 11.8 Å². The van der Waals surface area contributed by atoms with Crippen molar-refractivity contribution in [1.82, 2.24) is 10.2 Å². The van der Waals surface area contributed by atoms with Crippen LogP contribution in [0.1, 0.15) is 49.8 Å². The van der Waals surface area contributed by atoms with Gasteiger partial charge in [-0.3, -0.25) is 14.4 Å². The summed E-state index contributed by atoms with van der Waals surface area (Å²) in [4.78, 5) is 40.1. The summed E-state index contributed by atoms with van der Waals surface area (Å²) in [6.07, 6.45) is 4.43. The molecule has 0 radical (unpaired) electrons. The third kappa shape index (κ3) is 7.19. The molecule has 0 aliphatic carbocycles. The lowest BCUT2D eigenvalue weighted by Crippen LogP contribution is -2.44. The Bertz CT molecular complexity index is 1010. The molecule has 0 saturated carbocycles. The van der Waals surface area contributed by atoms with E-state index in [4.69, 9.17) is 16.3 Å². The van der Waals surface area contributed by atoms with Crippen molar-refractivity contribution in [2.24, 2.45) is 5.92 Å². The van der Waals surface area contributed by atoms with E-state index in [-0.39, 0.29) is 30.6 Å². The summed E-state index contributed by atoms with van der Waals surface area (Å²) in [5, 5.41) is 3.53. The Morgan fingerprint density at radius 1 is 1.09 bits per heavy atom. The number of benzene rings is 2. The molecular weight excluding hydrogens is 452 g/mol. The van der Waals surface area contributed by atoms with Crippen LogP contribution < -0.4 is 5.32 Å². The van der Waals surface area contributed by atoms with Crippen LogP contribution in [0.3, 0.4) is 0 Å². The quantitative estimate of drug-likeness (QED) is 0.489. The molecule has 0 fully saturated rings. The summed E-state index contributed by atoms with van der Waals surface area (Å²) >= 11 is 5.91. The molecule has 1 N–H and O–H groups in total. The number of cyclic esters (lactones) is 1. The number of allylic oxidation sites excluding steroid dienone is 2. The molecule has 1 aliphatic rings. The summed E-state index contributed by atoms with van der Waals surface area (Å²) in [5.41, 5.74) is 1.76. The third-order valence-electron chi connectivity index (χ3n) is 6.07. The largest absolute Gasteiger partial charge is 0.455 e. The maximum Gasteiger partial charge on any atom is 0.306 e. The average Bonchev–Trinajstić information content (AvgIpc) is 2.84. The zero-order valence-corrected chi connectivity index (χ0v) is 20.3. The molecule has 0 saturated heterocycles. The van der Waals surface area contributed by atoms with Gasteiger partial charge in [0.15, 0.2) is 0 Å². The predicted molar refractivity (Wildman–Crippen MR) is 132 cm³/mol. The Morgan fingerprint density at radius 3 is 2.50 bits per heavy atom. The van der Waals surface area contributed by atoms with Crippen molar-refractivity contribution in [3.63, 3.8) is 0 Å². The van der Waals surface area contributed by atoms with Crippen LogP contribution in [0.15, 0.2) is 66.7 Å². The number of hydrogen-bond donors (Lipinski definition) is 1. The zero-order chi connectivity index (χ0) is 24.5. The number of ether oxygens (including phenoxy) is 1. The first-order valence-electron chi connectivity index (χ1n) is 11.5. The predicted octanol–water partition coefficient (Wildman–Crippen LogP) is 4.83. The van der Waals surface area contributed by atoms with E-state index in [1.807, 2.05) is 61.5 Å². The lowest BCUT2D eigenvalue weighted by Gasteiger charge is -2.34. The highest BCUT2D eigenvalue weighted by Gasteiger charge is 2.33. The van der Waals surface area contributed by atoms with Gasteiger partial charge in [0.25, 0.3) is 0 Å². The molecule has 0 unspecified atom stereocenters. The second-order valence-electron chi connectivity index (χ2n) is 8.56. The summed E-state index contributed by atoms with van der Waals surface area (Å²) < 4.78 is 5.80. The number of nitrogens with one attached hydrogen (secondary N) is 1. The van der Waals surface area contributed by atoms with E-state index >= 15 is 0 Å². The average molecular weight is 483 g/mol. The first-order chi connectivity index (χ1) is 16.3. The van der Waals surface area contributed by atoms with Gasteiger partial charge in [-0.05, 0) is 43.0 Å². The van der Waals surface area contributed by atoms with Gasteiger partial charge in [0, 0.05) is 31.5 Å². The van der Waals surface area contributed by atoms with Gasteiger partial charge in [-0.15, -0.1) is 0 Å². The molecule has 7 heteroatoms. The fourth-order valence-corrected chi connectivity index (χ4v) is 4.06. The van der Waals surface area contributed by atoms with Crippen LogP contribution >= 0.6 is 11.6 Å². The minimum atomic E-state index is -0.592. The molecule has 180 valence electrons. The first kappa shape index (κ1) is 25.5. The molecule has 1 heterocycles. The normalized spacial score (nSPS) is 21.9. The topological polar surface area (TPSA) is 75.7 Å². The van der Waals surface area contributed by atoms with Crippen LogP contribution in [0.4, 0.5) is 0 Å². The number of carbonyl (C=O) groups excluding carboxylic acids is 3. The van der Waals surface area contributed by atoms with Crippen molar-refractivity contribution in [3.05, 3.63) is 82.9 Å². The van der Waals surface area contributed by atoms with E-state index in [2.05, 4.69) is 5.32 Å². The smallest absolute Gasteiger partial charge is 0.306 e. The monoisotopic (exact) mass is 482 g/mol. The number of amides is 2. The maximum atomic E-state index is 13.4. The van der Waals surface area contributed by atoms with Crippen LogP contribution in [0.25, 0.3) is 0 Å². The van der Waals surface area contributed by atoms with E-state index in [9.17, 15) is 14.4 Å². The number of rotatable bonds is 5. The van der Waals surface area contributed by atoms with Crippen molar-refractivity contribution in [2.45, 2.75) is 51.3 Å². The van der Waals surface area contributed by atoms with Crippen molar-refractivity contribution in [3.8, 4) is 0 Å². The molecule has 2 aromatic rings. The summed E-state index contributed by atoms with van der Waals surface area (Å²) in [6, 6.07) is 16.3. The van der Waals surface area contributed by atoms with E-state index in [1.165, 1.54) is 0 Å². The molecule has 2 aromatic carbocycles. The van der Waals surface area contributed by atoms with Crippen LogP contribution in [-0.2, 0) is 25.7 Å². The number of hydrogen-bond acceptors (Lipinski definition) is 4. The van der Waals surface area contributed by atoms with E-state index in [0.29, 0.717) is 24.4 Å². The molecule has 1 aliphatic heterocycles. The van der Waals surface area contributed by atoms with Gasteiger partial charge < -0.3 is 15.0 Å². The minimum absolute atomic E-state index is 0.0730. The van der Waals surface area contributed by atoms with Gasteiger partial charge in [-0.25, -0.2) is 0 Å². The first-order valence-corrected chi connectivity index (χ1v) is 11.9. The lowest BCUT2D eigenvalue weighted by molar-refractivity contribution is -0.156. The molecule has 0 aromatic heterocycles. The molecule has 2 amide bonds. The van der Waals surface area contributed by atoms with Gasteiger partial charge in [0.05, 0.1) is 12.0 Å². The standard InChI is InChI=1S/C27H31ClN2O4/c1-19-26(21-9-5-3-6-10-21)34-25(32)12-8-4-7-11-22(27(33)30(19)2)17-24(31)29-18-20-13-15-23(28)16-14-20/h3-7,9-10,13-16,19,22,26H,8,11-12,17-18H2,1-2H3,(H,29,31)/t19-,22-,26-/m0/s1. The number of nitrogens with zero attached hydrogens (tertiary/aromatic N) is 1. The van der Waals surface area contributed by atoms with Crippen LogP contribution in [-0.4, -0.2) is 35.8 Å². The third-order valence-corrected chi connectivity index (χ3v) is 6.32. The number of halogens is 1. The van der Waals surface area contributed by atoms with Gasteiger partial charge >= 0.3 is 5.97 Å². The summed E-state index contributed by atoms with van der Waals surface area (Å²) in [5.74, 6) is -1.16. The Morgan fingerprint density at radius 2 is 1.79 bits per heavy atom. The Hall–Kier alpha value is -3.12. The molecule has 3 atom stereocenters. The molecule has 6 nitrogen and oxygen atoms in total. The van der Waals surface area contributed by atoms with E-state index in [0.717, 1.165) is 11.1 Å².